The van der Waals surface area contributed by atoms with Crippen LogP contribution < -0.4 is 10.0 Å². The molecule has 0 aliphatic heterocycles. The lowest BCUT2D eigenvalue weighted by molar-refractivity contribution is 0.594. The van der Waals surface area contributed by atoms with Crippen LogP contribution in [0.5, 0.6) is 0 Å². The van der Waals surface area contributed by atoms with E-state index in [1.807, 2.05) is 6.92 Å². The van der Waals surface area contributed by atoms with E-state index < -0.39 is 10.0 Å². The highest BCUT2D eigenvalue weighted by molar-refractivity contribution is 7.92. The number of benzene rings is 1. The van der Waals surface area contributed by atoms with Crippen LogP contribution in [0.1, 0.15) is 5.82 Å². The van der Waals surface area contributed by atoms with Crippen LogP contribution in [-0.2, 0) is 10.0 Å². The molecule has 1 aromatic carbocycles. The normalized spacial score (nSPS) is 11.9. The number of H-pyrrole nitrogens is 1. The maximum absolute atomic E-state index is 11.9. The van der Waals surface area contributed by atoms with Crippen molar-refractivity contribution < 1.29 is 8.42 Å². The largest absolute Gasteiger partial charge is 0.342 e. The number of rotatable bonds is 4. The summed E-state index contributed by atoms with van der Waals surface area (Å²) in [4.78, 5) is 7.35. The van der Waals surface area contributed by atoms with Gasteiger partial charge in [0.25, 0.3) is 0 Å². The van der Waals surface area contributed by atoms with E-state index in [4.69, 9.17) is 5.73 Å². The Morgan fingerprint density at radius 3 is 2.83 bits per heavy atom. The zero-order chi connectivity index (χ0) is 13.3. The van der Waals surface area contributed by atoms with E-state index in [0.29, 0.717) is 5.69 Å². The summed E-state index contributed by atoms with van der Waals surface area (Å²) in [5.41, 5.74) is 7.54. The number of hydrogen-bond donors (Lipinski definition) is 2. The van der Waals surface area contributed by atoms with Gasteiger partial charge in [-0.05, 0) is 25.1 Å². The minimum Gasteiger partial charge on any atom is -0.342 e. The van der Waals surface area contributed by atoms with E-state index in [0.717, 1.165) is 16.9 Å². The van der Waals surface area contributed by atoms with Crippen LogP contribution in [0.2, 0.25) is 0 Å². The van der Waals surface area contributed by atoms with Crippen molar-refractivity contribution in [3.05, 3.63) is 24.0 Å². The molecule has 0 unspecified atom stereocenters. The number of nitrogens with one attached hydrogen (secondary N) is 1. The van der Waals surface area contributed by atoms with E-state index in [9.17, 15) is 8.42 Å². The summed E-state index contributed by atoms with van der Waals surface area (Å²) in [6, 6.07) is 5.29. The van der Waals surface area contributed by atoms with Gasteiger partial charge in [0.1, 0.15) is 5.82 Å². The number of aromatic amines is 1. The Bertz CT molecular complexity index is 663. The first kappa shape index (κ1) is 12.8. The fourth-order valence-corrected chi connectivity index (χ4v) is 2.77. The summed E-state index contributed by atoms with van der Waals surface area (Å²) in [6.07, 6.45) is 0. The second-order valence-electron chi connectivity index (χ2n) is 4.10. The third kappa shape index (κ3) is 2.32. The molecule has 0 spiro atoms. The number of imidazole rings is 1. The van der Waals surface area contributed by atoms with Gasteiger partial charge in [0, 0.05) is 13.6 Å². The van der Waals surface area contributed by atoms with E-state index >= 15 is 0 Å². The first-order valence-electron chi connectivity index (χ1n) is 5.57. The lowest BCUT2D eigenvalue weighted by Gasteiger charge is -2.18. The van der Waals surface area contributed by atoms with Gasteiger partial charge in [-0.15, -0.1) is 0 Å². The molecule has 6 nitrogen and oxygen atoms in total. The molecule has 2 rings (SSSR count). The monoisotopic (exact) mass is 268 g/mol. The molecule has 1 heterocycles. The molecule has 0 aliphatic rings. The van der Waals surface area contributed by atoms with Gasteiger partial charge in [0.2, 0.25) is 10.0 Å². The van der Waals surface area contributed by atoms with Crippen LogP contribution in [0.25, 0.3) is 11.0 Å². The Morgan fingerprint density at radius 1 is 1.44 bits per heavy atom. The summed E-state index contributed by atoms with van der Waals surface area (Å²) in [6.45, 7) is 1.96. The quantitative estimate of drug-likeness (QED) is 0.849. The Hall–Kier alpha value is -1.60. The zero-order valence-corrected chi connectivity index (χ0v) is 11.2. The van der Waals surface area contributed by atoms with Crippen molar-refractivity contribution in [2.75, 3.05) is 23.7 Å². The second kappa shape index (κ2) is 4.58. The van der Waals surface area contributed by atoms with Crippen molar-refractivity contribution in [2.45, 2.75) is 6.92 Å². The number of hydrogen-bond acceptors (Lipinski definition) is 4. The van der Waals surface area contributed by atoms with Crippen molar-refractivity contribution in [1.29, 1.82) is 0 Å². The van der Waals surface area contributed by atoms with Crippen LogP contribution in [0, 0.1) is 6.92 Å². The molecule has 98 valence electrons. The molecule has 18 heavy (non-hydrogen) atoms. The van der Waals surface area contributed by atoms with Crippen molar-refractivity contribution in [3.63, 3.8) is 0 Å². The molecule has 0 atom stereocenters. The Kier molecular flexibility index (Phi) is 3.27. The van der Waals surface area contributed by atoms with Crippen molar-refractivity contribution in [2.24, 2.45) is 5.73 Å². The second-order valence-corrected chi connectivity index (χ2v) is 6.22. The Balaban J connectivity index is 2.41. The molecule has 0 saturated carbocycles. The van der Waals surface area contributed by atoms with Crippen molar-refractivity contribution in [3.8, 4) is 0 Å². The van der Waals surface area contributed by atoms with E-state index in [1.165, 1.54) is 11.4 Å². The SMILES string of the molecule is Cc1nc2ccc(N(C)S(=O)(=O)CCN)cc2[nH]1. The number of anilines is 1. The first-order valence-corrected chi connectivity index (χ1v) is 7.18. The molecular formula is C11H16N4O2S. The molecule has 0 saturated heterocycles. The van der Waals surface area contributed by atoms with Gasteiger partial charge in [0.05, 0.1) is 22.5 Å². The average molecular weight is 268 g/mol. The smallest absolute Gasteiger partial charge is 0.236 e. The summed E-state index contributed by atoms with van der Waals surface area (Å²) in [5.74, 6) is 0.735. The highest BCUT2D eigenvalue weighted by Gasteiger charge is 2.17. The lowest BCUT2D eigenvalue weighted by atomic mass is 10.3. The highest BCUT2D eigenvalue weighted by atomic mass is 32.2. The maximum atomic E-state index is 11.9. The van der Waals surface area contributed by atoms with Gasteiger partial charge >= 0.3 is 0 Å². The maximum Gasteiger partial charge on any atom is 0.236 e. The van der Waals surface area contributed by atoms with E-state index in [2.05, 4.69) is 9.97 Å². The molecule has 7 heteroatoms. The average Bonchev–Trinajstić information content (AvgIpc) is 2.66. The fourth-order valence-electron chi connectivity index (χ4n) is 1.77. The predicted molar refractivity (Wildman–Crippen MR) is 72.1 cm³/mol. The number of sulfonamides is 1. The summed E-state index contributed by atoms with van der Waals surface area (Å²) >= 11 is 0. The summed E-state index contributed by atoms with van der Waals surface area (Å²) in [7, 11) is -1.83. The minimum atomic E-state index is -3.35. The molecular weight excluding hydrogens is 252 g/mol. The molecule has 0 fully saturated rings. The molecule has 3 N–H and O–H groups in total. The van der Waals surface area contributed by atoms with E-state index in [-0.39, 0.29) is 12.3 Å². The third-order valence-corrected chi connectivity index (χ3v) is 4.54. The molecule has 0 aliphatic carbocycles. The van der Waals surface area contributed by atoms with Crippen molar-refractivity contribution in [1.82, 2.24) is 9.97 Å². The number of fused-ring (bicyclic) bond motifs is 1. The zero-order valence-electron chi connectivity index (χ0n) is 10.3. The van der Waals surface area contributed by atoms with E-state index in [1.54, 1.807) is 18.2 Å². The number of nitrogens with two attached hydrogens (primary N) is 1. The van der Waals surface area contributed by atoms with Crippen LogP contribution in [-0.4, -0.2) is 37.7 Å². The minimum absolute atomic E-state index is 0.0659. The van der Waals surface area contributed by atoms with Gasteiger partial charge in [0.15, 0.2) is 0 Å². The van der Waals surface area contributed by atoms with Crippen molar-refractivity contribution >= 4 is 26.7 Å². The number of aryl methyl sites for hydroxylation is 1. The highest BCUT2D eigenvalue weighted by Crippen LogP contribution is 2.21. The van der Waals surface area contributed by atoms with Gasteiger partial charge < -0.3 is 10.7 Å². The molecule has 0 bridgehead atoms. The van der Waals surface area contributed by atoms with Crippen LogP contribution in [0.3, 0.4) is 0 Å². The number of aromatic nitrogens is 2. The summed E-state index contributed by atoms with van der Waals surface area (Å²) < 4.78 is 25.0. The van der Waals surface area contributed by atoms with Gasteiger partial charge in [-0.1, -0.05) is 0 Å². The van der Waals surface area contributed by atoms with Gasteiger partial charge in [-0.2, -0.15) is 0 Å². The molecule has 1 aromatic heterocycles. The summed E-state index contributed by atoms with van der Waals surface area (Å²) in [5, 5.41) is 0. The predicted octanol–water partition coefficient (Wildman–Crippen LogP) is 0.596. The first-order chi connectivity index (χ1) is 8.44. The lowest BCUT2D eigenvalue weighted by Crippen LogP contribution is -2.31. The molecule has 0 radical (unpaired) electrons. The Morgan fingerprint density at radius 2 is 2.17 bits per heavy atom. The van der Waals surface area contributed by atoms with Crippen LogP contribution in [0.15, 0.2) is 18.2 Å². The van der Waals surface area contributed by atoms with Crippen LogP contribution in [0.4, 0.5) is 5.69 Å². The van der Waals surface area contributed by atoms with Crippen LogP contribution >= 0.6 is 0 Å². The third-order valence-electron chi connectivity index (χ3n) is 2.74. The molecule has 2 aromatic rings. The molecule has 0 amide bonds. The van der Waals surface area contributed by atoms with Gasteiger partial charge in [-0.25, -0.2) is 13.4 Å². The Labute approximate surface area is 106 Å². The standard InChI is InChI=1S/C11H16N4O2S/c1-8-13-10-4-3-9(7-11(10)14-8)15(2)18(16,17)6-5-12/h3-4,7H,5-6,12H2,1-2H3,(H,13,14). The van der Waals surface area contributed by atoms with Gasteiger partial charge in [-0.3, -0.25) is 4.31 Å². The number of nitrogens with zero attached hydrogens (tertiary/aromatic N) is 2. The topological polar surface area (TPSA) is 92.1 Å². The fraction of sp³-hybridized carbons (Fsp3) is 0.364.